The first kappa shape index (κ1) is 15.5. The zero-order chi connectivity index (χ0) is 15.5. The van der Waals surface area contributed by atoms with Crippen molar-refractivity contribution in [2.75, 3.05) is 18.4 Å². The zero-order valence-electron chi connectivity index (χ0n) is 12.6. The summed E-state index contributed by atoms with van der Waals surface area (Å²) in [6.07, 6.45) is 1.63. The van der Waals surface area contributed by atoms with Crippen molar-refractivity contribution in [1.82, 2.24) is 5.32 Å². The molecule has 1 fully saturated rings. The highest BCUT2D eigenvalue weighted by Gasteiger charge is 2.48. The molecule has 1 saturated carbocycles. The summed E-state index contributed by atoms with van der Waals surface area (Å²) in [6, 6.07) is 7.05. The van der Waals surface area contributed by atoms with Crippen molar-refractivity contribution in [2.24, 2.45) is 17.1 Å². The lowest BCUT2D eigenvalue weighted by molar-refractivity contribution is -0.120. The van der Waals surface area contributed by atoms with Crippen molar-refractivity contribution in [3.63, 3.8) is 0 Å². The van der Waals surface area contributed by atoms with Crippen molar-refractivity contribution in [2.45, 2.75) is 26.7 Å². The number of carbonyl (C=O) groups excluding carboxylic acids is 2. The molecule has 0 unspecified atom stereocenters. The molecule has 1 aliphatic carbocycles. The van der Waals surface area contributed by atoms with Crippen LogP contribution in [0.2, 0.25) is 0 Å². The second-order valence-corrected chi connectivity index (χ2v) is 6.09. The van der Waals surface area contributed by atoms with Gasteiger partial charge in [0.2, 0.25) is 5.91 Å². The Labute approximate surface area is 125 Å². The Bertz CT molecular complexity index is 536. The summed E-state index contributed by atoms with van der Waals surface area (Å²) in [5.74, 6) is 0.119. The van der Waals surface area contributed by atoms with Crippen LogP contribution < -0.4 is 16.4 Å². The van der Waals surface area contributed by atoms with Crippen LogP contribution >= 0.6 is 0 Å². The van der Waals surface area contributed by atoms with Gasteiger partial charge in [0.25, 0.3) is 5.91 Å². The predicted molar refractivity (Wildman–Crippen MR) is 83.0 cm³/mol. The summed E-state index contributed by atoms with van der Waals surface area (Å²) in [5, 5.41) is 5.72. The molecule has 2 amide bonds. The second-order valence-electron chi connectivity index (χ2n) is 6.09. The van der Waals surface area contributed by atoms with Crippen LogP contribution in [0.4, 0.5) is 5.69 Å². The summed E-state index contributed by atoms with van der Waals surface area (Å²) in [7, 11) is 0. The number of carbonyl (C=O) groups is 2. The topological polar surface area (TPSA) is 84.2 Å². The first-order valence-electron chi connectivity index (χ1n) is 7.37. The van der Waals surface area contributed by atoms with E-state index in [1.165, 1.54) is 0 Å². The number of rotatable bonds is 6. The molecule has 4 N–H and O–H groups in total. The highest BCUT2D eigenvalue weighted by molar-refractivity contribution is 6.05. The Balaban J connectivity index is 2.10. The second kappa shape index (κ2) is 6.26. The normalized spacial score (nSPS) is 15.6. The van der Waals surface area contributed by atoms with E-state index < -0.39 is 5.41 Å². The number of amides is 2. The molecule has 5 nitrogen and oxygen atoms in total. The molecule has 0 spiro atoms. The first-order valence-corrected chi connectivity index (χ1v) is 7.37. The zero-order valence-corrected chi connectivity index (χ0v) is 12.6. The van der Waals surface area contributed by atoms with E-state index in [4.69, 9.17) is 5.73 Å². The molecule has 0 atom stereocenters. The summed E-state index contributed by atoms with van der Waals surface area (Å²) < 4.78 is 0. The standard InChI is InChI=1S/C16H23N3O2/c1-11(2)9-18-14(20)12-5-3-4-6-13(12)19-15(21)16(10-17)7-8-16/h3-6,11H,7-10,17H2,1-2H3,(H,18,20)(H,19,21). The SMILES string of the molecule is CC(C)CNC(=O)c1ccccc1NC(=O)C1(CN)CC1. The largest absolute Gasteiger partial charge is 0.352 e. The van der Waals surface area contributed by atoms with Gasteiger partial charge in [0.15, 0.2) is 0 Å². The number of nitrogens with one attached hydrogen (secondary N) is 2. The van der Waals surface area contributed by atoms with Gasteiger partial charge in [-0.3, -0.25) is 9.59 Å². The lowest BCUT2D eigenvalue weighted by Crippen LogP contribution is -2.32. The summed E-state index contributed by atoms with van der Waals surface area (Å²) in [6.45, 7) is 5.02. The quantitative estimate of drug-likeness (QED) is 0.746. The van der Waals surface area contributed by atoms with Crippen LogP contribution in [0.15, 0.2) is 24.3 Å². The van der Waals surface area contributed by atoms with Crippen LogP contribution in [0.3, 0.4) is 0 Å². The average Bonchev–Trinajstić information content (AvgIpc) is 3.26. The molecule has 1 aromatic rings. The van der Waals surface area contributed by atoms with Crippen molar-refractivity contribution < 1.29 is 9.59 Å². The van der Waals surface area contributed by atoms with Crippen LogP contribution in [-0.2, 0) is 4.79 Å². The maximum absolute atomic E-state index is 12.2. The Morgan fingerprint density at radius 3 is 2.52 bits per heavy atom. The molecule has 0 saturated heterocycles. The molecular weight excluding hydrogens is 266 g/mol. The Kier molecular flexibility index (Phi) is 4.63. The van der Waals surface area contributed by atoms with Crippen molar-refractivity contribution >= 4 is 17.5 Å². The molecule has 0 radical (unpaired) electrons. The molecule has 0 heterocycles. The molecule has 1 aromatic carbocycles. The predicted octanol–water partition coefficient (Wildman–Crippen LogP) is 1.75. The first-order chi connectivity index (χ1) is 9.98. The lowest BCUT2D eigenvalue weighted by Gasteiger charge is -2.16. The van der Waals surface area contributed by atoms with Gasteiger partial charge in [-0.2, -0.15) is 0 Å². The number of nitrogens with two attached hydrogens (primary N) is 1. The van der Waals surface area contributed by atoms with Crippen LogP contribution in [0.25, 0.3) is 0 Å². The van der Waals surface area contributed by atoms with Crippen LogP contribution in [0, 0.1) is 11.3 Å². The minimum atomic E-state index is -0.429. The minimum Gasteiger partial charge on any atom is -0.352 e. The number of para-hydroxylation sites is 1. The van der Waals surface area contributed by atoms with E-state index in [1.807, 2.05) is 13.8 Å². The molecule has 21 heavy (non-hydrogen) atoms. The molecule has 2 rings (SSSR count). The van der Waals surface area contributed by atoms with Gasteiger partial charge in [0.1, 0.15) is 0 Å². The molecule has 5 heteroatoms. The van der Waals surface area contributed by atoms with Gasteiger partial charge in [0.05, 0.1) is 16.7 Å². The molecule has 114 valence electrons. The van der Waals surface area contributed by atoms with E-state index in [-0.39, 0.29) is 11.8 Å². The van der Waals surface area contributed by atoms with Gasteiger partial charge in [-0.15, -0.1) is 0 Å². The van der Waals surface area contributed by atoms with E-state index in [2.05, 4.69) is 10.6 Å². The smallest absolute Gasteiger partial charge is 0.253 e. The van der Waals surface area contributed by atoms with Crippen molar-refractivity contribution in [3.8, 4) is 0 Å². The Hall–Kier alpha value is -1.88. The molecule has 0 bridgehead atoms. The van der Waals surface area contributed by atoms with Crippen LogP contribution in [0.1, 0.15) is 37.0 Å². The van der Waals surface area contributed by atoms with Crippen LogP contribution in [-0.4, -0.2) is 24.9 Å². The summed E-state index contributed by atoms with van der Waals surface area (Å²) >= 11 is 0. The minimum absolute atomic E-state index is 0.0888. The van der Waals surface area contributed by atoms with E-state index in [1.54, 1.807) is 24.3 Å². The highest BCUT2D eigenvalue weighted by atomic mass is 16.2. The van der Waals surface area contributed by atoms with Crippen LogP contribution in [0.5, 0.6) is 0 Å². The molecular formula is C16H23N3O2. The Morgan fingerprint density at radius 1 is 1.29 bits per heavy atom. The van der Waals surface area contributed by atoms with Crippen molar-refractivity contribution in [1.29, 1.82) is 0 Å². The van der Waals surface area contributed by atoms with Gasteiger partial charge in [-0.25, -0.2) is 0 Å². The van der Waals surface area contributed by atoms with Gasteiger partial charge in [-0.1, -0.05) is 26.0 Å². The fourth-order valence-corrected chi connectivity index (χ4v) is 2.11. The lowest BCUT2D eigenvalue weighted by atomic mass is 10.1. The molecule has 0 aromatic heterocycles. The Morgan fingerprint density at radius 2 is 1.95 bits per heavy atom. The highest BCUT2D eigenvalue weighted by Crippen LogP contribution is 2.45. The fourth-order valence-electron chi connectivity index (χ4n) is 2.11. The molecule has 0 aliphatic heterocycles. The number of hydrogen-bond acceptors (Lipinski definition) is 3. The maximum atomic E-state index is 12.2. The third-order valence-corrected chi connectivity index (χ3v) is 3.82. The third-order valence-electron chi connectivity index (χ3n) is 3.82. The van der Waals surface area contributed by atoms with Gasteiger partial charge >= 0.3 is 0 Å². The van der Waals surface area contributed by atoms with E-state index in [0.717, 1.165) is 12.8 Å². The molecule has 1 aliphatic rings. The monoisotopic (exact) mass is 289 g/mol. The van der Waals surface area contributed by atoms with E-state index in [0.29, 0.717) is 30.3 Å². The number of hydrogen-bond donors (Lipinski definition) is 3. The van der Waals surface area contributed by atoms with E-state index in [9.17, 15) is 9.59 Å². The fraction of sp³-hybridized carbons (Fsp3) is 0.500. The summed E-state index contributed by atoms with van der Waals surface area (Å²) in [4.78, 5) is 24.4. The van der Waals surface area contributed by atoms with Gasteiger partial charge < -0.3 is 16.4 Å². The van der Waals surface area contributed by atoms with Crippen molar-refractivity contribution in [3.05, 3.63) is 29.8 Å². The van der Waals surface area contributed by atoms with E-state index >= 15 is 0 Å². The third kappa shape index (κ3) is 3.61. The number of anilines is 1. The maximum Gasteiger partial charge on any atom is 0.253 e. The summed E-state index contributed by atoms with van der Waals surface area (Å²) in [5.41, 5.74) is 6.26. The van der Waals surface area contributed by atoms with Gasteiger partial charge in [-0.05, 0) is 30.9 Å². The average molecular weight is 289 g/mol. The van der Waals surface area contributed by atoms with Gasteiger partial charge in [0, 0.05) is 13.1 Å². The number of benzene rings is 1.